The Morgan fingerprint density at radius 2 is 2.27 bits per heavy atom. The van der Waals surface area contributed by atoms with Crippen LogP contribution in [0.5, 0.6) is 0 Å². The van der Waals surface area contributed by atoms with Crippen LogP contribution in [0.4, 0.5) is 0 Å². The van der Waals surface area contributed by atoms with Crippen LogP contribution in [0, 0.1) is 5.41 Å². The number of nitrogens with one attached hydrogen (secondary N) is 1. The topological polar surface area (TPSA) is 72.5 Å². The van der Waals surface area contributed by atoms with Crippen LogP contribution in [0.25, 0.3) is 0 Å². The molecule has 15 heavy (non-hydrogen) atoms. The van der Waals surface area contributed by atoms with Crippen molar-refractivity contribution in [1.82, 2.24) is 5.32 Å². The molecule has 2 fully saturated rings. The molecule has 2 unspecified atom stereocenters. The van der Waals surface area contributed by atoms with Gasteiger partial charge in [0.15, 0.2) is 9.84 Å². The first-order valence-corrected chi connectivity index (χ1v) is 6.84. The van der Waals surface area contributed by atoms with E-state index in [4.69, 9.17) is 4.74 Å². The van der Waals surface area contributed by atoms with Crippen molar-refractivity contribution in [2.75, 3.05) is 25.2 Å². The zero-order valence-electron chi connectivity index (χ0n) is 8.65. The molecule has 0 saturated carbocycles. The molecule has 0 radical (unpaired) electrons. The quantitative estimate of drug-likeness (QED) is 0.608. The number of rotatable bonds is 1. The Kier molecular flexibility index (Phi) is 2.50. The fraction of sp³-hybridized carbons (Fsp3) is 0.889. The highest BCUT2D eigenvalue weighted by atomic mass is 32.2. The zero-order chi connectivity index (χ0) is 11.1. The van der Waals surface area contributed by atoms with Crippen molar-refractivity contribution in [3.8, 4) is 0 Å². The van der Waals surface area contributed by atoms with Crippen molar-refractivity contribution in [3.05, 3.63) is 0 Å². The Morgan fingerprint density at radius 3 is 2.93 bits per heavy atom. The molecule has 0 amide bonds. The molecule has 0 aromatic carbocycles. The van der Waals surface area contributed by atoms with Crippen molar-refractivity contribution < 1.29 is 17.9 Å². The first-order valence-electron chi connectivity index (χ1n) is 5.02. The van der Waals surface area contributed by atoms with Crippen molar-refractivity contribution in [2.45, 2.75) is 18.9 Å². The predicted octanol–water partition coefficient (Wildman–Crippen LogP) is -0.674. The largest absolute Gasteiger partial charge is 0.469 e. The van der Waals surface area contributed by atoms with Crippen molar-refractivity contribution in [1.29, 1.82) is 0 Å². The number of hydrogen-bond donors (Lipinski definition) is 1. The SMILES string of the molecule is COC(=O)C12CCNC1CCS(=O)(=O)C2. The first-order chi connectivity index (χ1) is 7.00. The summed E-state index contributed by atoms with van der Waals surface area (Å²) in [6.07, 6.45) is 1.07. The summed E-state index contributed by atoms with van der Waals surface area (Å²) in [7, 11) is -1.78. The van der Waals surface area contributed by atoms with Gasteiger partial charge in [-0.3, -0.25) is 4.79 Å². The van der Waals surface area contributed by atoms with Gasteiger partial charge in [-0.2, -0.15) is 0 Å². The molecule has 2 atom stereocenters. The second-order valence-corrected chi connectivity index (χ2v) is 6.47. The van der Waals surface area contributed by atoms with Crippen LogP contribution < -0.4 is 5.32 Å². The number of sulfone groups is 1. The highest BCUT2D eigenvalue weighted by Crippen LogP contribution is 2.39. The number of hydrogen-bond acceptors (Lipinski definition) is 5. The lowest BCUT2D eigenvalue weighted by Crippen LogP contribution is -2.52. The van der Waals surface area contributed by atoms with E-state index >= 15 is 0 Å². The molecule has 2 aliphatic heterocycles. The first kappa shape index (κ1) is 10.9. The average Bonchev–Trinajstić information content (AvgIpc) is 2.58. The lowest BCUT2D eigenvalue weighted by atomic mass is 9.81. The minimum atomic E-state index is -3.09. The van der Waals surface area contributed by atoms with Gasteiger partial charge in [-0.25, -0.2) is 8.42 Å². The Bertz CT molecular complexity index is 378. The van der Waals surface area contributed by atoms with Gasteiger partial charge in [-0.1, -0.05) is 0 Å². The number of carbonyl (C=O) groups is 1. The molecule has 5 nitrogen and oxygen atoms in total. The van der Waals surface area contributed by atoms with Gasteiger partial charge in [0.05, 0.1) is 24.0 Å². The molecular formula is C9H15NO4S. The van der Waals surface area contributed by atoms with Crippen LogP contribution >= 0.6 is 0 Å². The molecule has 6 heteroatoms. The molecule has 0 bridgehead atoms. The third kappa shape index (κ3) is 1.65. The molecule has 0 aromatic rings. The fourth-order valence-electron chi connectivity index (χ4n) is 2.66. The van der Waals surface area contributed by atoms with Crippen LogP contribution in [-0.2, 0) is 19.4 Å². The maximum atomic E-state index is 11.7. The summed E-state index contributed by atoms with van der Waals surface area (Å²) in [6, 6.07) is -0.0338. The van der Waals surface area contributed by atoms with Crippen LogP contribution in [-0.4, -0.2) is 45.6 Å². The second-order valence-electron chi connectivity index (χ2n) is 4.29. The van der Waals surface area contributed by atoms with Crippen molar-refractivity contribution in [3.63, 3.8) is 0 Å². The summed E-state index contributed by atoms with van der Waals surface area (Å²) < 4.78 is 27.9. The number of ether oxygens (including phenoxy) is 1. The summed E-state index contributed by atoms with van der Waals surface area (Å²) in [5.41, 5.74) is -0.828. The highest BCUT2D eigenvalue weighted by Gasteiger charge is 2.55. The number of esters is 1. The van der Waals surface area contributed by atoms with Gasteiger partial charge in [0.2, 0.25) is 0 Å². The number of methoxy groups -OCH3 is 1. The summed E-state index contributed by atoms with van der Waals surface area (Å²) in [6.45, 7) is 0.690. The molecule has 0 aromatic heterocycles. The molecule has 1 N–H and O–H groups in total. The summed E-state index contributed by atoms with van der Waals surface area (Å²) in [5.74, 6) is -0.283. The van der Waals surface area contributed by atoms with E-state index in [-0.39, 0.29) is 23.5 Å². The van der Waals surface area contributed by atoms with E-state index in [1.54, 1.807) is 0 Å². The Balaban J connectivity index is 2.35. The van der Waals surface area contributed by atoms with Crippen molar-refractivity contribution >= 4 is 15.8 Å². The molecule has 2 saturated heterocycles. The van der Waals surface area contributed by atoms with Crippen LogP contribution in [0.15, 0.2) is 0 Å². The maximum absolute atomic E-state index is 11.7. The lowest BCUT2D eigenvalue weighted by molar-refractivity contribution is -0.152. The second kappa shape index (κ2) is 3.45. The Hall–Kier alpha value is -0.620. The Labute approximate surface area is 89.1 Å². The molecular weight excluding hydrogens is 218 g/mol. The normalized spacial score (nSPS) is 38.3. The molecule has 0 aliphatic carbocycles. The molecule has 2 rings (SSSR count). The van der Waals surface area contributed by atoms with Crippen LogP contribution in [0.3, 0.4) is 0 Å². The van der Waals surface area contributed by atoms with E-state index in [2.05, 4.69) is 5.32 Å². The third-order valence-electron chi connectivity index (χ3n) is 3.42. The number of carbonyl (C=O) groups excluding carboxylic acids is 1. The molecule has 86 valence electrons. The van der Waals surface area contributed by atoms with E-state index in [1.165, 1.54) is 7.11 Å². The standard InChI is InChI=1S/C9H15NO4S/c1-14-8(11)9-3-4-10-7(9)2-5-15(12,13)6-9/h7,10H,2-6H2,1H3. The van der Waals surface area contributed by atoms with Gasteiger partial charge in [-0.15, -0.1) is 0 Å². The molecule has 2 aliphatic rings. The van der Waals surface area contributed by atoms with Gasteiger partial charge in [-0.05, 0) is 19.4 Å². The summed E-state index contributed by atoms with van der Waals surface area (Å²) >= 11 is 0. The van der Waals surface area contributed by atoms with Gasteiger partial charge >= 0.3 is 5.97 Å². The van der Waals surface area contributed by atoms with Gasteiger partial charge in [0.25, 0.3) is 0 Å². The summed E-state index contributed by atoms with van der Waals surface area (Å²) in [5, 5.41) is 3.19. The number of fused-ring (bicyclic) bond motifs is 1. The third-order valence-corrected chi connectivity index (χ3v) is 5.23. The zero-order valence-corrected chi connectivity index (χ0v) is 9.47. The molecule has 0 spiro atoms. The highest BCUT2D eigenvalue weighted by molar-refractivity contribution is 7.91. The van der Waals surface area contributed by atoms with Crippen LogP contribution in [0.2, 0.25) is 0 Å². The Morgan fingerprint density at radius 1 is 1.53 bits per heavy atom. The maximum Gasteiger partial charge on any atom is 0.314 e. The van der Waals surface area contributed by atoms with Crippen molar-refractivity contribution in [2.24, 2.45) is 5.41 Å². The van der Waals surface area contributed by atoms with E-state index in [1.807, 2.05) is 0 Å². The smallest absolute Gasteiger partial charge is 0.314 e. The fourth-order valence-corrected chi connectivity index (χ4v) is 4.65. The summed E-state index contributed by atoms with van der Waals surface area (Å²) in [4.78, 5) is 11.7. The van der Waals surface area contributed by atoms with Gasteiger partial charge in [0, 0.05) is 6.04 Å². The van der Waals surface area contributed by atoms with E-state index in [9.17, 15) is 13.2 Å². The van der Waals surface area contributed by atoms with Crippen LogP contribution in [0.1, 0.15) is 12.8 Å². The van der Waals surface area contributed by atoms with E-state index < -0.39 is 15.3 Å². The van der Waals surface area contributed by atoms with Gasteiger partial charge < -0.3 is 10.1 Å². The average molecular weight is 233 g/mol. The monoisotopic (exact) mass is 233 g/mol. The lowest BCUT2D eigenvalue weighted by Gasteiger charge is -2.35. The predicted molar refractivity (Wildman–Crippen MR) is 54.1 cm³/mol. The molecule has 2 heterocycles. The van der Waals surface area contributed by atoms with E-state index in [0.717, 1.165) is 0 Å². The minimum absolute atomic E-state index is 0.0338. The van der Waals surface area contributed by atoms with E-state index in [0.29, 0.717) is 19.4 Å². The minimum Gasteiger partial charge on any atom is -0.469 e. The van der Waals surface area contributed by atoms with Gasteiger partial charge in [0.1, 0.15) is 0 Å².